The van der Waals surface area contributed by atoms with Crippen LogP contribution in [0.4, 0.5) is 4.39 Å². The van der Waals surface area contributed by atoms with E-state index in [1.54, 1.807) is 19.2 Å². The molecule has 0 aliphatic rings. The molecule has 0 fully saturated rings. The molecule has 3 aromatic rings. The zero-order valence-corrected chi connectivity index (χ0v) is 12.8. The lowest BCUT2D eigenvalue weighted by Gasteiger charge is -2.09. The molecule has 118 valence electrons. The number of hydrogen-bond acceptors (Lipinski definition) is 4. The summed E-state index contributed by atoms with van der Waals surface area (Å²) < 4.78 is 24.1. The highest BCUT2D eigenvalue weighted by atomic mass is 19.1. The summed E-state index contributed by atoms with van der Waals surface area (Å²) in [6.07, 6.45) is 0. The van der Waals surface area contributed by atoms with Crippen LogP contribution in [-0.2, 0) is 0 Å². The Morgan fingerprint density at radius 1 is 1.09 bits per heavy atom. The Morgan fingerprint density at radius 3 is 2.70 bits per heavy atom. The molecule has 0 aliphatic carbocycles. The number of benzene rings is 2. The monoisotopic (exact) mass is 313 g/mol. The van der Waals surface area contributed by atoms with Gasteiger partial charge in [-0.05, 0) is 37.3 Å². The number of nitrogens with one attached hydrogen (secondary N) is 1. The van der Waals surface area contributed by atoms with Gasteiger partial charge in [0.2, 0.25) is 0 Å². The summed E-state index contributed by atoms with van der Waals surface area (Å²) in [6, 6.07) is 11.7. The number of methoxy groups -OCH3 is 1. The molecule has 3 rings (SSSR count). The molecule has 1 heterocycles. The first-order valence-corrected chi connectivity index (χ1v) is 7.21. The van der Waals surface area contributed by atoms with Gasteiger partial charge in [-0.25, -0.2) is 9.37 Å². The predicted molar refractivity (Wildman–Crippen MR) is 84.9 cm³/mol. The number of nitrogens with zero attached hydrogens (tertiary/aromatic N) is 2. The smallest absolute Gasteiger partial charge is 0.181 e. The van der Waals surface area contributed by atoms with Crippen molar-refractivity contribution in [2.24, 2.45) is 0 Å². The molecule has 23 heavy (non-hydrogen) atoms. The second-order valence-corrected chi connectivity index (χ2v) is 4.82. The van der Waals surface area contributed by atoms with Gasteiger partial charge in [-0.15, -0.1) is 0 Å². The van der Waals surface area contributed by atoms with Crippen molar-refractivity contribution in [3.05, 3.63) is 48.3 Å². The fourth-order valence-electron chi connectivity index (χ4n) is 2.24. The lowest BCUT2D eigenvalue weighted by Crippen LogP contribution is -1.96. The maximum Gasteiger partial charge on any atom is 0.181 e. The van der Waals surface area contributed by atoms with Gasteiger partial charge in [0.25, 0.3) is 0 Å². The van der Waals surface area contributed by atoms with E-state index in [0.29, 0.717) is 35.3 Å². The van der Waals surface area contributed by atoms with E-state index in [-0.39, 0.29) is 5.82 Å². The molecule has 0 amide bonds. The van der Waals surface area contributed by atoms with Crippen molar-refractivity contribution in [3.63, 3.8) is 0 Å². The normalized spacial score (nSPS) is 10.6. The zero-order chi connectivity index (χ0) is 16.2. The fraction of sp³-hybridized carbons (Fsp3) is 0.176. The van der Waals surface area contributed by atoms with Gasteiger partial charge >= 0.3 is 0 Å². The molecular weight excluding hydrogens is 297 g/mol. The van der Waals surface area contributed by atoms with Gasteiger partial charge in [0.05, 0.1) is 13.7 Å². The van der Waals surface area contributed by atoms with Gasteiger partial charge in [0, 0.05) is 11.1 Å². The molecule has 0 spiro atoms. The predicted octanol–water partition coefficient (Wildman–Crippen LogP) is 3.69. The summed E-state index contributed by atoms with van der Waals surface area (Å²) in [5.74, 6) is 1.98. The van der Waals surface area contributed by atoms with Crippen LogP contribution in [0.5, 0.6) is 11.5 Å². The molecule has 0 bridgehead atoms. The van der Waals surface area contributed by atoms with Crippen molar-refractivity contribution in [2.75, 3.05) is 13.7 Å². The van der Waals surface area contributed by atoms with Crippen molar-refractivity contribution in [1.29, 1.82) is 0 Å². The van der Waals surface area contributed by atoms with Crippen LogP contribution in [-0.4, -0.2) is 28.9 Å². The lowest BCUT2D eigenvalue weighted by atomic mass is 10.2. The summed E-state index contributed by atoms with van der Waals surface area (Å²) >= 11 is 0. The molecule has 0 atom stereocenters. The molecule has 0 saturated carbocycles. The number of H-pyrrole nitrogens is 1. The van der Waals surface area contributed by atoms with E-state index in [0.717, 1.165) is 5.56 Å². The second-order valence-electron chi connectivity index (χ2n) is 4.82. The van der Waals surface area contributed by atoms with Gasteiger partial charge in [0.1, 0.15) is 5.82 Å². The Kier molecular flexibility index (Phi) is 4.23. The molecule has 1 N–H and O–H groups in total. The highest BCUT2D eigenvalue weighted by Crippen LogP contribution is 2.31. The van der Waals surface area contributed by atoms with Crippen LogP contribution in [0.2, 0.25) is 0 Å². The number of rotatable bonds is 5. The van der Waals surface area contributed by atoms with Crippen molar-refractivity contribution < 1.29 is 13.9 Å². The van der Waals surface area contributed by atoms with Crippen LogP contribution in [0.1, 0.15) is 6.92 Å². The first-order valence-electron chi connectivity index (χ1n) is 7.21. The second kappa shape index (κ2) is 6.48. The quantitative estimate of drug-likeness (QED) is 0.780. The van der Waals surface area contributed by atoms with Crippen LogP contribution in [0, 0.1) is 5.82 Å². The molecule has 6 heteroatoms. The minimum atomic E-state index is -0.322. The van der Waals surface area contributed by atoms with Gasteiger partial charge < -0.3 is 9.47 Å². The average Bonchev–Trinajstić information content (AvgIpc) is 3.05. The van der Waals surface area contributed by atoms with Crippen LogP contribution >= 0.6 is 0 Å². The summed E-state index contributed by atoms with van der Waals surface area (Å²) in [6.45, 7) is 2.44. The van der Waals surface area contributed by atoms with Crippen molar-refractivity contribution in [3.8, 4) is 34.3 Å². The topological polar surface area (TPSA) is 60.0 Å². The Labute approximate surface area is 133 Å². The molecule has 0 aliphatic heterocycles. The van der Waals surface area contributed by atoms with Crippen molar-refractivity contribution in [1.82, 2.24) is 15.2 Å². The third-order valence-electron chi connectivity index (χ3n) is 3.31. The van der Waals surface area contributed by atoms with Gasteiger partial charge in [-0.1, -0.05) is 12.1 Å². The molecule has 0 unspecified atom stereocenters. The first kappa shape index (κ1) is 15.0. The Balaban J connectivity index is 1.95. The number of aromatic amines is 1. The Morgan fingerprint density at radius 2 is 1.96 bits per heavy atom. The number of aromatic nitrogens is 3. The highest BCUT2D eigenvalue weighted by Gasteiger charge is 2.11. The Bertz CT molecular complexity index is 817. The molecule has 5 nitrogen and oxygen atoms in total. The maximum atomic E-state index is 13.3. The fourth-order valence-corrected chi connectivity index (χ4v) is 2.24. The third-order valence-corrected chi connectivity index (χ3v) is 3.31. The zero-order valence-electron chi connectivity index (χ0n) is 12.8. The summed E-state index contributed by atoms with van der Waals surface area (Å²) in [5.41, 5.74) is 1.43. The molecule has 1 aromatic heterocycles. The van der Waals surface area contributed by atoms with Crippen LogP contribution < -0.4 is 9.47 Å². The number of halogens is 1. The molecule has 0 saturated heterocycles. The molecule has 2 aromatic carbocycles. The molecular formula is C17H16FN3O2. The number of ether oxygens (including phenoxy) is 2. The van der Waals surface area contributed by atoms with E-state index in [2.05, 4.69) is 15.2 Å². The first-order chi connectivity index (χ1) is 11.2. The third kappa shape index (κ3) is 3.15. The van der Waals surface area contributed by atoms with E-state index >= 15 is 0 Å². The van der Waals surface area contributed by atoms with E-state index < -0.39 is 0 Å². The SMILES string of the molecule is CCOc1cc(-c2nc(-c3cccc(F)c3)n[nH]2)ccc1OC. The lowest BCUT2D eigenvalue weighted by molar-refractivity contribution is 0.311. The average molecular weight is 313 g/mol. The summed E-state index contributed by atoms with van der Waals surface area (Å²) in [4.78, 5) is 4.42. The van der Waals surface area contributed by atoms with Crippen molar-refractivity contribution in [2.45, 2.75) is 6.92 Å². The van der Waals surface area contributed by atoms with Crippen molar-refractivity contribution >= 4 is 0 Å². The highest BCUT2D eigenvalue weighted by molar-refractivity contribution is 5.64. The van der Waals surface area contributed by atoms with Crippen LogP contribution in [0.3, 0.4) is 0 Å². The van der Waals surface area contributed by atoms with E-state index in [9.17, 15) is 4.39 Å². The minimum Gasteiger partial charge on any atom is -0.493 e. The minimum absolute atomic E-state index is 0.322. The van der Waals surface area contributed by atoms with E-state index in [1.165, 1.54) is 12.1 Å². The maximum absolute atomic E-state index is 13.3. The summed E-state index contributed by atoms with van der Waals surface area (Å²) in [5, 5.41) is 7.01. The van der Waals surface area contributed by atoms with Crippen LogP contribution in [0.25, 0.3) is 22.8 Å². The number of hydrogen-bond donors (Lipinski definition) is 1. The standard InChI is InChI=1S/C17H16FN3O2/c1-3-23-15-10-12(7-8-14(15)22-2)17-19-16(20-21-17)11-5-4-6-13(18)9-11/h4-10H,3H2,1-2H3,(H,19,20,21). The van der Waals surface area contributed by atoms with Crippen LogP contribution in [0.15, 0.2) is 42.5 Å². The van der Waals surface area contributed by atoms with Gasteiger partial charge in [-0.2, -0.15) is 5.10 Å². The van der Waals surface area contributed by atoms with Gasteiger partial charge in [-0.3, -0.25) is 5.10 Å². The molecule has 0 radical (unpaired) electrons. The Hall–Kier alpha value is -2.89. The van der Waals surface area contributed by atoms with E-state index in [4.69, 9.17) is 9.47 Å². The largest absolute Gasteiger partial charge is 0.493 e. The summed E-state index contributed by atoms with van der Waals surface area (Å²) in [7, 11) is 1.59. The van der Waals surface area contributed by atoms with Gasteiger partial charge in [0.15, 0.2) is 23.1 Å². The van der Waals surface area contributed by atoms with E-state index in [1.807, 2.05) is 25.1 Å².